The van der Waals surface area contributed by atoms with E-state index in [0.717, 1.165) is 17.5 Å². The van der Waals surface area contributed by atoms with Crippen molar-refractivity contribution in [1.82, 2.24) is 14.8 Å². The molecule has 1 saturated carbocycles. The lowest BCUT2D eigenvalue weighted by Gasteiger charge is -2.24. The van der Waals surface area contributed by atoms with Gasteiger partial charge in [-0.25, -0.2) is 4.98 Å². The van der Waals surface area contributed by atoms with Gasteiger partial charge < -0.3 is 0 Å². The summed E-state index contributed by atoms with van der Waals surface area (Å²) in [5, 5.41) is 3.89. The molecule has 0 spiro atoms. The Morgan fingerprint density at radius 3 is 2.65 bits per heavy atom. The van der Waals surface area contributed by atoms with Gasteiger partial charge in [0.05, 0.1) is 0 Å². The molecule has 1 heterocycles. The molecule has 2 atom stereocenters. The monoisotopic (exact) mass is 307 g/mol. The Morgan fingerprint density at radius 2 is 2.10 bits per heavy atom. The van der Waals surface area contributed by atoms with E-state index in [-0.39, 0.29) is 0 Å². The van der Waals surface area contributed by atoms with Crippen molar-refractivity contribution in [2.75, 3.05) is 0 Å². The van der Waals surface area contributed by atoms with Crippen LogP contribution >= 0.6 is 23.8 Å². The molecule has 3 rings (SSSR count). The Balaban J connectivity index is 1.89. The van der Waals surface area contributed by atoms with Crippen LogP contribution in [0.15, 0.2) is 30.6 Å². The summed E-state index contributed by atoms with van der Waals surface area (Å²) in [5.74, 6) is 1.92. The van der Waals surface area contributed by atoms with Crippen LogP contribution in [0, 0.1) is 16.6 Å². The maximum Gasteiger partial charge on any atom is 0.215 e. The molecule has 1 aromatic heterocycles. The second kappa shape index (κ2) is 5.70. The summed E-state index contributed by atoms with van der Waals surface area (Å²) in [6, 6.07) is 8.20. The molecule has 1 aromatic carbocycles. The van der Waals surface area contributed by atoms with E-state index < -0.39 is 0 Å². The highest BCUT2D eigenvalue weighted by Crippen LogP contribution is 2.44. The molecule has 0 saturated heterocycles. The number of hydrogen-bond donors (Lipinski definition) is 1. The third-order valence-electron chi connectivity index (χ3n) is 4.30. The Kier molecular flexibility index (Phi) is 3.94. The van der Waals surface area contributed by atoms with Gasteiger partial charge in [0.25, 0.3) is 0 Å². The quantitative estimate of drug-likeness (QED) is 0.829. The lowest BCUT2D eigenvalue weighted by atomic mass is 9.84. The first-order chi connectivity index (χ1) is 9.65. The topological polar surface area (TPSA) is 33.6 Å². The van der Waals surface area contributed by atoms with E-state index in [9.17, 15) is 0 Å². The third kappa shape index (κ3) is 2.96. The van der Waals surface area contributed by atoms with Crippen molar-refractivity contribution >= 4 is 23.8 Å². The fourth-order valence-corrected chi connectivity index (χ4v) is 3.15. The van der Waals surface area contributed by atoms with Crippen molar-refractivity contribution in [1.29, 1.82) is 0 Å². The van der Waals surface area contributed by atoms with Gasteiger partial charge in [-0.05, 0) is 54.6 Å². The maximum atomic E-state index is 6.00. The number of hydrogen-bond acceptors (Lipinski definition) is 2. The van der Waals surface area contributed by atoms with E-state index in [4.69, 9.17) is 23.8 Å². The van der Waals surface area contributed by atoms with Gasteiger partial charge in [0.2, 0.25) is 4.77 Å². The molecule has 0 radical (unpaired) electrons. The second-order valence-electron chi connectivity index (χ2n) is 5.64. The van der Waals surface area contributed by atoms with Crippen molar-refractivity contribution in [3.05, 3.63) is 45.9 Å². The highest BCUT2D eigenvalue weighted by atomic mass is 35.5. The van der Waals surface area contributed by atoms with E-state index in [0.29, 0.717) is 16.6 Å². The Morgan fingerprint density at radius 1 is 1.40 bits per heavy atom. The van der Waals surface area contributed by atoms with Crippen LogP contribution in [-0.4, -0.2) is 14.8 Å². The van der Waals surface area contributed by atoms with Crippen LogP contribution in [0.2, 0.25) is 5.02 Å². The summed E-state index contributed by atoms with van der Waals surface area (Å²) in [6.45, 7) is 3.19. The SMILES string of the molecule is CC(C1CC1)C(Cn1[nH]cnc1=S)c1ccc(Cl)cc1. The number of nitrogens with zero attached hydrogens (tertiary/aromatic N) is 2. The minimum absolute atomic E-state index is 0.437. The van der Waals surface area contributed by atoms with Crippen LogP contribution in [0.25, 0.3) is 0 Å². The summed E-state index contributed by atoms with van der Waals surface area (Å²) in [7, 11) is 0. The second-order valence-corrected chi connectivity index (χ2v) is 6.44. The molecule has 0 amide bonds. The summed E-state index contributed by atoms with van der Waals surface area (Å²) in [6.07, 6.45) is 4.35. The molecule has 1 aliphatic rings. The van der Waals surface area contributed by atoms with Gasteiger partial charge in [-0.1, -0.05) is 30.7 Å². The first-order valence-corrected chi connectivity index (χ1v) is 7.79. The van der Waals surface area contributed by atoms with Crippen LogP contribution in [0.4, 0.5) is 0 Å². The number of rotatable bonds is 5. The Bertz CT molecular complexity index is 627. The average molecular weight is 308 g/mol. The van der Waals surface area contributed by atoms with Gasteiger partial charge in [0.15, 0.2) is 0 Å². The average Bonchev–Trinajstić information content (AvgIpc) is 3.21. The van der Waals surface area contributed by atoms with Gasteiger partial charge in [0, 0.05) is 17.5 Å². The number of aromatic nitrogens is 3. The predicted octanol–water partition coefficient (Wildman–Crippen LogP) is 4.42. The first-order valence-electron chi connectivity index (χ1n) is 7.01. The molecule has 1 aliphatic carbocycles. The fourth-order valence-electron chi connectivity index (χ4n) is 2.84. The molecule has 1 fully saturated rings. The Hall–Kier alpha value is -1.13. The molecule has 5 heteroatoms. The smallest absolute Gasteiger partial charge is 0.215 e. The predicted molar refractivity (Wildman–Crippen MR) is 83.5 cm³/mol. The van der Waals surface area contributed by atoms with Crippen LogP contribution in [0.3, 0.4) is 0 Å². The maximum absolute atomic E-state index is 6.00. The van der Waals surface area contributed by atoms with Gasteiger partial charge >= 0.3 is 0 Å². The van der Waals surface area contributed by atoms with Crippen molar-refractivity contribution < 1.29 is 0 Å². The number of aromatic amines is 1. The lowest BCUT2D eigenvalue weighted by Crippen LogP contribution is -2.19. The van der Waals surface area contributed by atoms with Crippen molar-refractivity contribution in [2.45, 2.75) is 32.2 Å². The van der Waals surface area contributed by atoms with E-state index in [1.54, 1.807) is 6.33 Å². The third-order valence-corrected chi connectivity index (χ3v) is 4.87. The molecule has 0 bridgehead atoms. The van der Waals surface area contributed by atoms with E-state index in [1.165, 1.54) is 18.4 Å². The normalized spacial score (nSPS) is 17.9. The summed E-state index contributed by atoms with van der Waals surface area (Å²) in [5.41, 5.74) is 1.32. The van der Waals surface area contributed by atoms with Gasteiger partial charge in [-0.2, -0.15) is 0 Å². The number of benzene rings is 1. The fraction of sp³-hybridized carbons (Fsp3) is 0.467. The van der Waals surface area contributed by atoms with Crippen molar-refractivity contribution in [3.63, 3.8) is 0 Å². The zero-order valence-electron chi connectivity index (χ0n) is 11.4. The Labute approximate surface area is 129 Å². The molecular weight excluding hydrogens is 290 g/mol. The molecule has 2 unspecified atom stereocenters. The molecule has 2 aromatic rings. The largest absolute Gasteiger partial charge is 0.286 e. The highest BCUT2D eigenvalue weighted by molar-refractivity contribution is 7.71. The number of H-pyrrole nitrogens is 1. The van der Waals surface area contributed by atoms with Crippen LogP contribution in [0.1, 0.15) is 31.2 Å². The van der Waals surface area contributed by atoms with Gasteiger partial charge in [-0.3, -0.25) is 9.78 Å². The summed E-state index contributed by atoms with van der Waals surface area (Å²) < 4.78 is 2.57. The number of nitrogens with one attached hydrogen (secondary N) is 1. The summed E-state index contributed by atoms with van der Waals surface area (Å²) in [4.78, 5) is 4.10. The molecule has 0 aliphatic heterocycles. The lowest BCUT2D eigenvalue weighted by molar-refractivity contribution is 0.354. The molecular formula is C15H18ClN3S. The van der Waals surface area contributed by atoms with E-state index >= 15 is 0 Å². The van der Waals surface area contributed by atoms with Crippen LogP contribution in [0.5, 0.6) is 0 Å². The van der Waals surface area contributed by atoms with Gasteiger partial charge in [0.1, 0.15) is 6.33 Å². The number of halogens is 1. The molecule has 106 valence electrons. The highest BCUT2D eigenvalue weighted by Gasteiger charge is 2.34. The van der Waals surface area contributed by atoms with Crippen LogP contribution in [-0.2, 0) is 6.54 Å². The summed E-state index contributed by atoms with van der Waals surface area (Å²) >= 11 is 11.2. The standard InChI is InChI=1S/C15H18ClN3S/c1-10(11-2-3-11)14(8-19-15(20)17-9-18-19)12-4-6-13(16)7-5-12/h4-7,9-11,14H,2-3,8H2,1H3,(H,17,18,20). The minimum Gasteiger partial charge on any atom is -0.286 e. The minimum atomic E-state index is 0.437. The molecule has 1 N–H and O–H groups in total. The molecule has 20 heavy (non-hydrogen) atoms. The van der Waals surface area contributed by atoms with Gasteiger partial charge in [-0.15, -0.1) is 0 Å². The van der Waals surface area contributed by atoms with E-state index in [2.05, 4.69) is 29.1 Å². The van der Waals surface area contributed by atoms with Crippen molar-refractivity contribution in [3.8, 4) is 0 Å². The first kappa shape index (κ1) is 13.8. The molecule has 3 nitrogen and oxygen atoms in total. The zero-order chi connectivity index (χ0) is 14.1. The van der Waals surface area contributed by atoms with Crippen LogP contribution < -0.4 is 0 Å². The van der Waals surface area contributed by atoms with E-state index in [1.807, 2.05) is 16.8 Å². The zero-order valence-corrected chi connectivity index (χ0v) is 13.0. The van der Waals surface area contributed by atoms with Crippen molar-refractivity contribution in [2.24, 2.45) is 11.8 Å².